The van der Waals surface area contributed by atoms with E-state index in [0.29, 0.717) is 29.1 Å². The van der Waals surface area contributed by atoms with E-state index in [2.05, 4.69) is 15.4 Å². The summed E-state index contributed by atoms with van der Waals surface area (Å²) < 4.78 is 51.9. The Balaban J connectivity index is 1.76. The second-order valence-corrected chi connectivity index (χ2v) is 7.54. The van der Waals surface area contributed by atoms with Crippen LogP contribution in [-0.2, 0) is 23.9 Å². The molecule has 1 amide bonds. The Morgan fingerprint density at radius 2 is 2.06 bits per heavy atom. The smallest absolute Gasteiger partial charge is 0.419 e. The van der Waals surface area contributed by atoms with Crippen LogP contribution in [0.4, 0.5) is 18.9 Å². The predicted molar refractivity (Wildman–Crippen MR) is 110 cm³/mol. The quantitative estimate of drug-likeness (QED) is 0.646. The number of fused-ring (bicyclic) bond motifs is 1. The molecule has 0 bridgehead atoms. The molecule has 0 saturated heterocycles. The molecule has 1 unspecified atom stereocenters. The minimum absolute atomic E-state index is 0.133. The van der Waals surface area contributed by atoms with Crippen LogP contribution < -0.4 is 10.1 Å². The Morgan fingerprint density at radius 3 is 2.72 bits per heavy atom. The molecule has 1 aliphatic heterocycles. The number of ether oxygens (including phenoxy) is 2. The van der Waals surface area contributed by atoms with Gasteiger partial charge in [0.05, 0.1) is 48.6 Å². The molecule has 10 heteroatoms. The van der Waals surface area contributed by atoms with E-state index in [1.807, 2.05) is 13.8 Å². The molecule has 0 fully saturated rings. The maximum atomic E-state index is 13.3. The molecular weight excluding hydrogens is 425 g/mol. The molecule has 1 N–H and O–H groups in total. The van der Waals surface area contributed by atoms with E-state index in [0.717, 1.165) is 11.8 Å². The maximum absolute atomic E-state index is 13.3. The molecule has 2 aromatic heterocycles. The van der Waals surface area contributed by atoms with Gasteiger partial charge in [-0.1, -0.05) is 0 Å². The summed E-state index contributed by atoms with van der Waals surface area (Å²) >= 11 is 0. The molecule has 0 radical (unpaired) electrons. The summed E-state index contributed by atoms with van der Waals surface area (Å²) in [6, 6.07) is 7.01. The average molecular weight is 446 g/mol. The molecule has 4 rings (SSSR count). The van der Waals surface area contributed by atoms with Gasteiger partial charge >= 0.3 is 6.18 Å². The van der Waals surface area contributed by atoms with Gasteiger partial charge in [-0.3, -0.25) is 9.78 Å². The monoisotopic (exact) mass is 446 g/mol. The highest BCUT2D eigenvalue weighted by molar-refractivity contribution is 6.04. The van der Waals surface area contributed by atoms with Gasteiger partial charge in [0.15, 0.2) is 5.69 Å². The molecule has 1 aliphatic rings. The van der Waals surface area contributed by atoms with Crippen molar-refractivity contribution in [1.82, 2.24) is 14.8 Å². The number of aromatic nitrogens is 3. The number of anilines is 1. The normalized spacial score (nSPS) is 15.9. The van der Waals surface area contributed by atoms with E-state index in [1.54, 1.807) is 12.1 Å². The van der Waals surface area contributed by atoms with Gasteiger partial charge in [-0.2, -0.15) is 18.3 Å². The summed E-state index contributed by atoms with van der Waals surface area (Å²) in [4.78, 5) is 17.1. The van der Waals surface area contributed by atoms with E-state index in [9.17, 15) is 18.0 Å². The van der Waals surface area contributed by atoms with E-state index in [4.69, 9.17) is 9.47 Å². The first-order valence-corrected chi connectivity index (χ1v) is 9.89. The van der Waals surface area contributed by atoms with Crippen molar-refractivity contribution < 1.29 is 27.4 Å². The summed E-state index contributed by atoms with van der Waals surface area (Å²) in [6.45, 7) is 3.88. The lowest BCUT2D eigenvalue weighted by Crippen LogP contribution is -2.22. The standard InChI is InChI=1S/C22H21F3N4O3/c1-12-4-5-14(10-26-12)27-21(30)20-16-11-32-13(2)8-18(16)29(28-20)15-6-7-17(22(23,24)25)19(9-15)31-3/h4-7,9-10,13H,8,11H2,1-3H3,(H,27,30). The number of carbonyl (C=O) groups is 1. The van der Waals surface area contributed by atoms with Crippen LogP contribution in [0.3, 0.4) is 0 Å². The summed E-state index contributed by atoms with van der Waals surface area (Å²) in [5.74, 6) is -0.779. The average Bonchev–Trinajstić information content (AvgIpc) is 3.13. The van der Waals surface area contributed by atoms with Crippen molar-refractivity contribution in [3.8, 4) is 11.4 Å². The Labute approximate surface area is 182 Å². The molecule has 1 atom stereocenters. The van der Waals surface area contributed by atoms with Gasteiger partial charge in [0.1, 0.15) is 5.75 Å². The van der Waals surface area contributed by atoms with Crippen LogP contribution in [0.15, 0.2) is 36.5 Å². The van der Waals surface area contributed by atoms with Gasteiger partial charge in [-0.25, -0.2) is 4.68 Å². The number of benzene rings is 1. The number of nitrogens with zero attached hydrogens (tertiary/aromatic N) is 3. The SMILES string of the molecule is COc1cc(-n2nc(C(=O)Nc3ccc(C)nc3)c3c2CC(C)OC3)ccc1C(F)(F)F. The lowest BCUT2D eigenvalue weighted by Gasteiger charge is -2.21. The third kappa shape index (κ3) is 4.18. The number of amides is 1. The van der Waals surface area contributed by atoms with Crippen molar-refractivity contribution in [3.05, 3.63) is 64.7 Å². The number of nitrogens with one attached hydrogen (secondary N) is 1. The Hall–Kier alpha value is -3.40. The second kappa shape index (κ2) is 8.27. The van der Waals surface area contributed by atoms with Crippen molar-refractivity contribution >= 4 is 11.6 Å². The van der Waals surface area contributed by atoms with Crippen LogP contribution in [0.5, 0.6) is 5.75 Å². The molecule has 0 aliphatic carbocycles. The van der Waals surface area contributed by atoms with Gasteiger partial charge < -0.3 is 14.8 Å². The Morgan fingerprint density at radius 1 is 1.28 bits per heavy atom. The number of aryl methyl sites for hydroxylation is 1. The summed E-state index contributed by atoms with van der Waals surface area (Å²) in [6.07, 6.45) is -2.70. The van der Waals surface area contributed by atoms with Crippen molar-refractivity contribution in [3.63, 3.8) is 0 Å². The van der Waals surface area contributed by atoms with Gasteiger partial charge in [-0.15, -0.1) is 0 Å². The van der Waals surface area contributed by atoms with Gasteiger partial charge in [0, 0.05) is 23.7 Å². The number of hydrogen-bond donors (Lipinski definition) is 1. The maximum Gasteiger partial charge on any atom is 0.419 e. The molecule has 3 aromatic rings. The highest BCUT2D eigenvalue weighted by Crippen LogP contribution is 2.38. The van der Waals surface area contributed by atoms with Crippen LogP contribution in [0, 0.1) is 6.92 Å². The van der Waals surface area contributed by atoms with Gasteiger partial charge in [0.25, 0.3) is 5.91 Å². The zero-order chi connectivity index (χ0) is 23.0. The van der Waals surface area contributed by atoms with E-state index >= 15 is 0 Å². The van der Waals surface area contributed by atoms with E-state index < -0.39 is 17.6 Å². The highest BCUT2D eigenvalue weighted by atomic mass is 19.4. The summed E-state index contributed by atoms with van der Waals surface area (Å²) in [7, 11) is 1.18. The van der Waals surface area contributed by atoms with Crippen LogP contribution in [-0.4, -0.2) is 33.9 Å². The summed E-state index contributed by atoms with van der Waals surface area (Å²) in [5.41, 5.74) is 2.24. The third-order valence-electron chi connectivity index (χ3n) is 5.20. The molecule has 168 valence electrons. The molecular formula is C22H21F3N4O3. The minimum atomic E-state index is -4.55. The first kappa shape index (κ1) is 21.8. The second-order valence-electron chi connectivity index (χ2n) is 7.54. The van der Waals surface area contributed by atoms with Crippen LogP contribution in [0.2, 0.25) is 0 Å². The van der Waals surface area contributed by atoms with Crippen molar-refractivity contribution in [1.29, 1.82) is 0 Å². The number of pyridine rings is 1. The number of methoxy groups -OCH3 is 1. The zero-order valence-corrected chi connectivity index (χ0v) is 17.7. The van der Waals surface area contributed by atoms with Crippen molar-refractivity contribution in [2.24, 2.45) is 0 Å². The third-order valence-corrected chi connectivity index (χ3v) is 5.20. The minimum Gasteiger partial charge on any atom is -0.496 e. The van der Waals surface area contributed by atoms with Crippen molar-refractivity contribution in [2.75, 3.05) is 12.4 Å². The molecule has 0 saturated carbocycles. The lowest BCUT2D eigenvalue weighted by atomic mass is 10.0. The highest BCUT2D eigenvalue weighted by Gasteiger charge is 2.35. The Kier molecular flexibility index (Phi) is 5.64. The summed E-state index contributed by atoms with van der Waals surface area (Å²) in [5, 5.41) is 7.20. The van der Waals surface area contributed by atoms with Gasteiger partial charge in [0.2, 0.25) is 0 Å². The van der Waals surface area contributed by atoms with E-state index in [-0.39, 0.29) is 24.2 Å². The first-order chi connectivity index (χ1) is 15.2. The molecule has 3 heterocycles. The Bertz CT molecular complexity index is 1160. The largest absolute Gasteiger partial charge is 0.496 e. The number of hydrogen-bond acceptors (Lipinski definition) is 5. The van der Waals surface area contributed by atoms with E-state index in [1.165, 1.54) is 30.1 Å². The van der Waals surface area contributed by atoms with Crippen molar-refractivity contribution in [2.45, 2.75) is 39.2 Å². The lowest BCUT2D eigenvalue weighted by molar-refractivity contribution is -0.138. The van der Waals surface area contributed by atoms with Gasteiger partial charge in [-0.05, 0) is 38.1 Å². The number of halogens is 3. The molecule has 0 spiro atoms. The molecule has 1 aromatic carbocycles. The fourth-order valence-corrected chi connectivity index (χ4v) is 3.58. The zero-order valence-electron chi connectivity index (χ0n) is 17.7. The fraction of sp³-hybridized carbons (Fsp3) is 0.318. The van der Waals surface area contributed by atoms with Crippen LogP contribution >= 0.6 is 0 Å². The first-order valence-electron chi connectivity index (χ1n) is 9.89. The predicted octanol–water partition coefficient (Wildman–Crippen LogP) is 4.32. The van der Waals surface area contributed by atoms with Crippen LogP contribution in [0.25, 0.3) is 5.69 Å². The molecule has 32 heavy (non-hydrogen) atoms. The number of alkyl halides is 3. The number of rotatable bonds is 4. The fourth-order valence-electron chi connectivity index (χ4n) is 3.58. The molecule has 7 nitrogen and oxygen atoms in total. The van der Waals surface area contributed by atoms with Crippen LogP contribution in [0.1, 0.15) is 39.9 Å². The topological polar surface area (TPSA) is 78.3 Å². The number of carbonyl (C=O) groups excluding carboxylic acids is 1.